The molecule has 1 unspecified atom stereocenters. The van der Waals surface area contributed by atoms with Gasteiger partial charge in [-0.15, -0.1) is 0 Å². The Morgan fingerprint density at radius 2 is 2.20 bits per heavy atom. The number of aliphatic hydroxyl groups is 2. The summed E-state index contributed by atoms with van der Waals surface area (Å²) in [6, 6.07) is 0. The van der Waals surface area contributed by atoms with Gasteiger partial charge in [-0.3, -0.25) is 0 Å². The fraction of sp³-hybridized carbons (Fsp3) is 0.750. The molecule has 10 heavy (non-hydrogen) atoms. The SMILES string of the molecule is CC=C(CO)CC(O)CC. The molecule has 0 aliphatic rings. The van der Waals surface area contributed by atoms with Crippen LogP contribution in [0, 0.1) is 0 Å². The molecule has 0 fully saturated rings. The van der Waals surface area contributed by atoms with E-state index in [0.717, 1.165) is 12.0 Å². The van der Waals surface area contributed by atoms with Gasteiger partial charge in [-0.25, -0.2) is 0 Å². The molecule has 0 bridgehead atoms. The molecular weight excluding hydrogens is 128 g/mol. The molecule has 0 saturated carbocycles. The summed E-state index contributed by atoms with van der Waals surface area (Å²) in [5.74, 6) is 0. The zero-order valence-corrected chi connectivity index (χ0v) is 6.67. The molecule has 2 N–H and O–H groups in total. The third-order valence-corrected chi connectivity index (χ3v) is 1.58. The molecule has 0 heterocycles. The van der Waals surface area contributed by atoms with Crippen LogP contribution in [0.25, 0.3) is 0 Å². The van der Waals surface area contributed by atoms with Crippen molar-refractivity contribution in [2.75, 3.05) is 6.61 Å². The summed E-state index contributed by atoms with van der Waals surface area (Å²) in [7, 11) is 0. The summed E-state index contributed by atoms with van der Waals surface area (Å²) in [5.41, 5.74) is 0.911. The first kappa shape index (κ1) is 9.66. The van der Waals surface area contributed by atoms with E-state index in [9.17, 15) is 0 Å². The normalized spacial score (nSPS) is 15.4. The molecule has 0 rings (SSSR count). The predicted octanol–water partition coefficient (Wildman–Crippen LogP) is 1.09. The van der Waals surface area contributed by atoms with Gasteiger partial charge in [0.2, 0.25) is 0 Å². The van der Waals surface area contributed by atoms with Crippen molar-refractivity contribution in [1.82, 2.24) is 0 Å². The standard InChI is InChI=1S/C8H16O2/c1-3-7(6-9)5-8(10)4-2/h3,8-10H,4-6H2,1-2H3. The molecule has 0 amide bonds. The number of allylic oxidation sites excluding steroid dienone is 1. The minimum absolute atomic E-state index is 0.0631. The van der Waals surface area contributed by atoms with E-state index in [2.05, 4.69) is 0 Å². The van der Waals surface area contributed by atoms with Crippen LogP contribution in [-0.2, 0) is 0 Å². The lowest BCUT2D eigenvalue weighted by molar-refractivity contribution is 0.165. The van der Waals surface area contributed by atoms with Crippen molar-refractivity contribution in [2.45, 2.75) is 32.8 Å². The summed E-state index contributed by atoms with van der Waals surface area (Å²) < 4.78 is 0. The maximum atomic E-state index is 9.14. The highest BCUT2D eigenvalue weighted by molar-refractivity contribution is 5.01. The van der Waals surface area contributed by atoms with Gasteiger partial charge in [0.25, 0.3) is 0 Å². The first-order chi connectivity index (χ1) is 4.74. The van der Waals surface area contributed by atoms with Crippen molar-refractivity contribution in [1.29, 1.82) is 0 Å². The maximum Gasteiger partial charge on any atom is 0.0642 e. The molecule has 60 valence electrons. The van der Waals surface area contributed by atoms with Gasteiger partial charge in [0.05, 0.1) is 12.7 Å². The van der Waals surface area contributed by atoms with Crippen LogP contribution in [0.5, 0.6) is 0 Å². The summed E-state index contributed by atoms with van der Waals surface area (Å²) in [6.45, 7) is 3.86. The molecule has 0 aromatic rings. The van der Waals surface area contributed by atoms with E-state index in [-0.39, 0.29) is 12.7 Å². The minimum Gasteiger partial charge on any atom is -0.393 e. The van der Waals surface area contributed by atoms with Crippen LogP contribution in [0.3, 0.4) is 0 Å². The van der Waals surface area contributed by atoms with Crippen molar-refractivity contribution < 1.29 is 10.2 Å². The Labute approximate surface area is 62.2 Å². The number of rotatable bonds is 4. The predicted molar refractivity (Wildman–Crippen MR) is 41.8 cm³/mol. The summed E-state index contributed by atoms with van der Waals surface area (Å²) >= 11 is 0. The molecule has 0 spiro atoms. The van der Waals surface area contributed by atoms with E-state index >= 15 is 0 Å². The lowest BCUT2D eigenvalue weighted by Gasteiger charge is -2.07. The second-order valence-electron chi connectivity index (χ2n) is 2.37. The van der Waals surface area contributed by atoms with Gasteiger partial charge in [0.15, 0.2) is 0 Å². The topological polar surface area (TPSA) is 40.5 Å². The fourth-order valence-corrected chi connectivity index (χ4v) is 0.721. The van der Waals surface area contributed by atoms with Gasteiger partial charge >= 0.3 is 0 Å². The first-order valence-electron chi connectivity index (χ1n) is 3.67. The summed E-state index contributed by atoms with van der Waals surface area (Å²) in [5, 5.41) is 17.8. The average molecular weight is 144 g/mol. The lowest BCUT2D eigenvalue weighted by Crippen LogP contribution is -2.07. The highest BCUT2D eigenvalue weighted by atomic mass is 16.3. The Morgan fingerprint density at radius 1 is 1.60 bits per heavy atom. The van der Waals surface area contributed by atoms with Crippen LogP contribution in [0.1, 0.15) is 26.7 Å². The third-order valence-electron chi connectivity index (χ3n) is 1.58. The third kappa shape index (κ3) is 3.64. The van der Waals surface area contributed by atoms with E-state index in [0.29, 0.717) is 6.42 Å². The van der Waals surface area contributed by atoms with Crippen molar-refractivity contribution in [3.63, 3.8) is 0 Å². The van der Waals surface area contributed by atoms with Gasteiger partial charge in [0.1, 0.15) is 0 Å². The van der Waals surface area contributed by atoms with Crippen molar-refractivity contribution in [3.05, 3.63) is 11.6 Å². The average Bonchev–Trinajstić information content (AvgIpc) is 1.99. The van der Waals surface area contributed by atoms with Crippen LogP contribution in [0.15, 0.2) is 11.6 Å². The van der Waals surface area contributed by atoms with Crippen molar-refractivity contribution in [2.24, 2.45) is 0 Å². The van der Waals surface area contributed by atoms with Crippen LogP contribution in [0.4, 0.5) is 0 Å². The minimum atomic E-state index is -0.293. The van der Waals surface area contributed by atoms with Gasteiger partial charge in [-0.1, -0.05) is 13.0 Å². The molecule has 0 aromatic heterocycles. The second-order valence-corrected chi connectivity index (χ2v) is 2.37. The first-order valence-corrected chi connectivity index (χ1v) is 3.67. The molecule has 0 aliphatic carbocycles. The van der Waals surface area contributed by atoms with E-state index in [1.54, 1.807) is 0 Å². The zero-order chi connectivity index (χ0) is 7.98. The van der Waals surface area contributed by atoms with Gasteiger partial charge < -0.3 is 10.2 Å². The van der Waals surface area contributed by atoms with E-state index < -0.39 is 0 Å². The highest BCUT2D eigenvalue weighted by Gasteiger charge is 2.02. The quantitative estimate of drug-likeness (QED) is 0.580. The smallest absolute Gasteiger partial charge is 0.0642 e. The van der Waals surface area contributed by atoms with E-state index in [1.807, 2.05) is 19.9 Å². The summed E-state index contributed by atoms with van der Waals surface area (Å²) in [6.07, 6.45) is 2.90. The Balaban J connectivity index is 3.64. The molecule has 2 heteroatoms. The largest absolute Gasteiger partial charge is 0.393 e. The van der Waals surface area contributed by atoms with Crippen LogP contribution in [-0.4, -0.2) is 22.9 Å². The summed E-state index contributed by atoms with van der Waals surface area (Å²) in [4.78, 5) is 0. The highest BCUT2D eigenvalue weighted by Crippen LogP contribution is 2.06. The Kier molecular flexibility index (Phi) is 5.26. The molecule has 0 aliphatic heterocycles. The monoisotopic (exact) mass is 144 g/mol. The zero-order valence-electron chi connectivity index (χ0n) is 6.67. The van der Waals surface area contributed by atoms with Crippen LogP contribution in [0.2, 0.25) is 0 Å². The Morgan fingerprint density at radius 3 is 2.50 bits per heavy atom. The van der Waals surface area contributed by atoms with Crippen LogP contribution < -0.4 is 0 Å². The number of hydrogen-bond acceptors (Lipinski definition) is 2. The number of hydrogen-bond donors (Lipinski definition) is 2. The molecule has 0 saturated heterocycles. The molecule has 1 atom stereocenters. The van der Waals surface area contributed by atoms with Crippen molar-refractivity contribution in [3.8, 4) is 0 Å². The molecular formula is C8H16O2. The van der Waals surface area contributed by atoms with Gasteiger partial charge in [0, 0.05) is 0 Å². The maximum absolute atomic E-state index is 9.14. The van der Waals surface area contributed by atoms with Crippen LogP contribution >= 0.6 is 0 Å². The Hall–Kier alpha value is -0.340. The molecule has 0 radical (unpaired) electrons. The Bertz CT molecular complexity index is 108. The molecule has 0 aromatic carbocycles. The van der Waals surface area contributed by atoms with Gasteiger partial charge in [-0.05, 0) is 25.3 Å². The van der Waals surface area contributed by atoms with Crippen molar-refractivity contribution >= 4 is 0 Å². The lowest BCUT2D eigenvalue weighted by atomic mass is 10.1. The second kappa shape index (κ2) is 5.45. The van der Waals surface area contributed by atoms with E-state index in [4.69, 9.17) is 10.2 Å². The molecule has 2 nitrogen and oxygen atoms in total. The number of aliphatic hydroxyl groups excluding tert-OH is 2. The fourth-order valence-electron chi connectivity index (χ4n) is 0.721. The van der Waals surface area contributed by atoms with Gasteiger partial charge in [-0.2, -0.15) is 0 Å². The van der Waals surface area contributed by atoms with E-state index in [1.165, 1.54) is 0 Å².